The van der Waals surface area contributed by atoms with Crippen molar-refractivity contribution in [3.05, 3.63) is 96.0 Å². The molecule has 6 nitrogen and oxygen atoms in total. The summed E-state index contributed by atoms with van der Waals surface area (Å²) in [6, 6.07) is 0. The first kappa shape index (κ1) is 37.8. The number of nitrogens with zero attached hydrogens (tertiary/aromatic N) is 4. The predicted octanol–water partition coefficient (Wildman–Crippen LogP) is 7.91. The van der Waals surface area contributed by atoms with Gasteiger partial charge in [-0.25, -0.2) is 4.99 Å². The second-order valence-electron chi connectivity index (χ2n) is 8.05. The Hall–Kier alpha value is -2.39. The lowest BCUT2D eigenvalue weighted by atomic mass is 10.1. The van der Waals surface area contributed by atoms with Gasteiger partial charge in [-0.1, -0.05) is 67.5 Å². The topological polar surface area (TPSA) is 57.5 Å². The van der Waals surface area contributed by atoms with E-state index >= 15 is 0 Å². The molecule has 1 heterocycles. The van der Waals surface area contributed by atoms with E-state index in [0.717, 1.165) is 41.9 Å². The normalized spacial score (nSPS) is 13.2. The third kappa shape index (κ3) is 20.6. The monoisotopic (exact) mass is 604 g/mol. The summed E-state index contributed by atoms with van der Waals surface area (Å²) < 4.78 is 5.93. The van der Waals surface area contributed by atoms with E-state index in [9.17, 15) is 0 Å². The van der Waals surface area contributed by atoms with Gasteiger partial charge in [0.2, 0.25) is 0 Å². The Morgan fingerprint density at radius 2 is 1.97 bits per heavy atom. The summed E-state index contributed by atoms with van der Waals surface area (Å²) in [4.78, 5) is 5.91. The SMILES string of the molecule is C=C.C=Nc1c(Br)cnn1C.C\C=C/C=C(\C=C/CC)C/C=C/NC(/C=C\C(C)SNCCN(C)C)=C/C. The molecule has 0 aliphatic carbocycles. The molecule has 1 unspecified atom stereocenters. The average Bonchev–Trinajstić information content (AvgIpc) is 3.25. The minimum atomic E-state index is 0.419. The lowest BCUT2D eigenvalue weighted by molar-refractivity contribution is 0.415. The smallest absolute Gasteiger partial charge is 0.164 e. The molecule has 0 saturated heterocycles. The molecule has 1 atom stereocenters. The minimum absolute atomic E-state index is 0.419. The highest BCUT2D eigenvalue weighted by molar-refractivity contribution is 9.10. The van der Waals surface area contributed by atoms with Gasteiger partial charge >= 0.3 is 0 Å². The van der Waals surface area contributed by atoms with Gasteiger partial charge in [-0.15, -0.1) is 13.2 Å². The number of rotatable bonds is 15. The van der Waals surface area contributed by atoms with Gasteiger partial charge in [0.25, 0.3) is 0 Å². The van der Waals surface area contributed by atoms with Gasteiger partial charge in [0.15, 0.2) is 5.82 Å². The van der Waals surface area contributed by atoms with Crippen molar-refractivity contribution in [2.75, 3.05) is 27.2 Å². The summed E-state index contributed by atoms with van der Waals surface area (Å²) in [5.74, 6) is 0.759. The van der Waals surface area contributed by atoms with E-state index in [1.54, 1.807) is 22.8 Å². The zero-order valence-corrected chi connectivity index (χ0v) is 26.9. The van der Waals surface area contributed by atoms with Crippen LogP contribution in [0.5, 0.6) is 0 Å². The first-order valence-electron chi connectivity index (χ1n) is 12.7. The molecule has 0 fully saturated rings. The van der Waals surface area contributed by atoms with Gasteiger partial charge < -0.3 is 10.2 Å². The fourth-order valence-corrected chi connectivity index (χ4v) is 3.68. The van der Waals surface area contributed by atoms with E-state index in [1.807, 2.05) is 20.2 Å². The molecule has 0 saturated carbocycles. The number of aromatic nitrogens is 2. The molecular formula is C30H49BrN6S. The third-order valence-electron chi connectivity index (χ3n) is 4.59. The summed E-state index contributed by atoms with van der Waals surface area (Å²) >= 11 is 5.02. The van der Waals surface area contributed by atoms with Crippen LogP contribution in [0.2, 0.25) is 0 Å². The molecule has 2 N–H and O–H groups in total. The van der Waals surface area contributed by atoms with Gasteiger partial charge in [-0.2, -0.15) is 5.10 Å². The maximum atomic E-state index is 3.92. The molecule has 0 spiro atoms. The van der Waals surface area contributed by atoms with Crippen LogP contribution in [-0.4, -0.2) is 53.8 Å². The van der Waals surface area contributed by atoms with E-state index < -0.39 is 0 Å². The fraction of sp³-hybridized carbons (Fsp3) is 0.400. The Morgan fingerprint density at radius 3 is 2.47 bits per heavy atom. The summed E-state index contributed by atoms with van der Waals surface area (Å²) in [7, 11) is 5.99. The predicted molar refractivity (Wildman–Crippen MR) is 177 cm³/mol. The van der Waals surface area contributed by atoms with Crippen LogP contribution >= 0.6 is 27.9 Å². The van der Waals surface area contributed by atoms with Crippen LogP contribution in [0.1, 0.15) is 40.5 Å². The highest BCUT2D eigenvalue weighted by Crippen LogP contribution is 2.22. The molecule has 0 aliphatic heterocycles. The number of likely N-dealkylation sites (N-methyl/N-ethyl adjacent to an activating group) is 1. The van der Waals surface area contributed by atoms with Gasteiger partial charge in [0.05, 0.1) is 10.7 Å². The van der Waals surface area contributed by atoms with Crippen molar-refractivity contribution in [2.45, 2.75) is 45.8 Å². The molecule has 1 aromatic heterocycles. The van der Waals surface area contributed by atoms with E-state index in [4.69, 9.17) is 0 Å². The zero-order chi connectivity index (χ0) is 29.2. The number of halogens is 1. The van der Waals surface area contributed by atoms with Crippen LogP contribution in [0.4, 0.5) is 5.82 Å². The molecule has 0 aromatic carbocycles. The molecular weight excluding hydrogens is 556 g/mol. The second kappa shape index (κ2) is 26.2. The number of aryl methyl sites for hydroxylation is 1. The van der Waals surface area contributed by atoms with Crippen LogP contribution < -0.4 is 10.0 Å². The number of hydrogen-bond acceptors (Lipinski definition) is 6. The molecule has 0 aliphatic rings. The summed E-state index contributed by atoms with van der Waals surface area (Å²) in [6.07, 6.45) is 25.0. The third-order valence-corrected chi connectivity index (χ3v) is 6.05. The Kier molecular flexibility index (Phi) is 26.1. The number of nitrogens with one attached hydrogen (secondary N) is 2. The average molecular weight is 606 g/mol. The van der Waals surface area contributed by atoms with Crippen LogP contribution in [0.15, 0.2) is 101 Å². The minimum Gasteiger partial charge on any atom is -0.362 e. The lowest BCUT2D eigenvalue weighted by Gasteiger charge is -2.11. The van der Waals surface area contributed by atoms with E-state index in [0.29, 0.717) is 5.25 Å². The van der Waals surface area contributed by atoms with Gasteiger partial charge in [-0.05, 0) is 88.2 Å². The van der Waals surface area contributed by atoms with Gasteiger partial charge in [0.1, 0.15) is 0 Å². The van der Waals surface area contributed by atoms with Crippen molar-refractivity contribution < 1.29 is 0 Å². The van der Waals surface area contributed by atoms with Crippen LogP contribution in [-0.2, 0) is 7.05 Å². The largest absolute Gasteiger partial charge is 0.362 e. The van der Waals surface area contributed by atoms with Crippen LogP contribution in [0.25, 0.3) is 0 Å². The Bertz CT molecular complexity index is 906. The summed E-state index contributed by atoms with van der Waals surface area (Å²) in [5, 5.41) is 7.70. The number of aliphatic imine (C=N–C) groups is 1. The van der Waals surface area contributed by atoms with Crippen molar-refractivity contribution in [1.29, 1.82) is 0 Å². The van der Waals surface area contributed by atoms with Crippen molar-refractivity contribution in [3.8, 4) is 0 Å². The molecule has 1 rings (SSSR count). The zero-order valence-electron chi connectivity index (χ0n) is 24.5. The summed E-state index contributed by atoms with van der Waals surface area (Å²) in [6.45, 7) is 19.9. The molecule has 1 aromatic rings. The van der Waals surface area contributed by atoms with Crippen LogP contribution in [0, 0.1) is 0 Å². The maximum Gasteiger partial charge on any atom is 0.164 e. The van der Waals surface area contributed by atoms with Crippen molar-refractivity contribution >= 4 is 40.4 Å². The van der Waals surface area contributed by atoms with E-state index in [1.165, 1.54) is 5.57 Å². The Labute approximate surface area is 245 Å². The molecule has 212 valence electrons. The van der Waals surface area contributed by atoms with E-state index in [2.05, 4.69) is 150 Å². The highest BCUT2D eigenvalue weighted by Gasteiger charge is 2.00. The molecule has 38 heavy (non-hydrogen) atoms. The molecule has 0 bridgehead atoms. The highest BCUT2D eigenvalue weighted by atomic mass is 79.9. The number of allylic oxidation sites excluding steroid dienone is 9. The summed E-state index contributed by atoms with van der Waals surface area (Å²) in [5.41, 5.74) is 2.41. The Morgan fingerprint density at radius 1 is 1.26 bits per heavy atom. The maximum absolute atomic E-state index is 3.92. The number of hydrogen-bond donors (Lipinski definition) is 2. The van der Waals surface area contributed by atoms with Gasteiger partial charge in [0, 0.05) is 31.1 Å². The molecule has 0 amide bonds. The van der Waals surface area contributed by atoms with E-state index in [-0.39, 0.29) is 0 Å². The molecule has 8 heteroatoms. The fourth-order valence-electron chi connectivity index (χ4n) is 2.58. The first-order valence-corrected chi connectivity index (χ1v) is 14.4. The Balaban J connectivity index is 0. The van der Waals surface area contributed by atoms with Crippen molar-refractivity contribution in [2.24, 2.45) is 12.0 Å². The quantitative estimate of drug-likeness (QED) is 0.0700. The second-order valence-corrected chi connectivity index (χ2v) is 10.2. The molecule has 0 radical (unpaired) electrons. The van der Waals surface area contributed by atoms with Crippen molar-refractivity contribution in [1.82, 2.24) is 24.7 Å². The van der Waals surface area contributed by atoms with Gasteiger partial charge in [-0.3, -0.25) is 9.40 Å². The first-order chi connectivity index (χ1) is 18.3. The standard InChI is InChI=1S/C23H39N3S.C5H6BrN3.C2H4/c1-7-10-13-22(14-11-8-2)15-12-18-24-23(9-3)17-16-21(4)27-25-19-20-26(5)6;1-7-5-4(6)3-8-9(5)2;1-2/h7,9-14,16-18,21,24-25H,8,15,19-20H2,1-6H3;3H,1H2,2H3;1-2H2/b10-7-,14-11-,17-16-,18-12+,22-13+,23-9+;;. The van der Waals surface area contributed by atoms with Crippen molar-refractivity contribution in [3.63, 3.8) is 0 Å². The van der Waals surface area contributed by atoms with Crippen LogP contribution in [0.3, 0.4) is 0 Å². The lowest BCUT2D eigenvalue weighted by Crippen LogP contribution is -2.23.